The lowest BCUT2D eigenvalue weighted by Gasteiger charge is -2.19. The van der Waals surface area contributed by atoms with Crippen molar-refractivity contribution in [1.29, 1.82) is 0 Å². The molecule has 0 spiro atoms. The maximum absolute atomic E-state index is 5.98. The zero-order valence-electron chi connectivity index (χ0n) is 10.9. The van der Waals surface area contributed by atoms with E-state index in [4.69, 9.17) is 22.1 Å². The number of fused-ring (bicyclic) bond motifs is 1. The Bertz CT molecular complexity index is 541. The molecule has 5 heteroatoms. The molecule has 0 saturated heterocycles. The first-order chi connectivity index (χ1) is 9.24. The molecule has 0 radical (unpaired) electrons. The van der Waals surface area contributed by atoms with E-state index >= 15 is 0 Å². The van der Waals surface area contributed by atoms with Crippen molar-refractivity contribution in [3.63, 3.8) is 0 Å². The van der Waals surface area contributed by atoms with E-state index in [-0.39, 0.29) is 6.04 Å². The second-order valence-corrected chi connectivity index (χ2v) is 4.83. The van der Waals surface area contributed by atoms with E-state index in [9.17, 15) is 0 Å². The molecule has 1 heterocycles. The lowest BCUT2D eigenvalue weighted by molar-refractivity contribution is 0.183. The molecule has 1 aromatic heterocycles. The van der Waals surface area contributed by atoms with Gasteiger partial charge in [0.25, 0.3) is 0 Å². The zero-order chi connectivity index (χ0) is 13.7. The number of methoxy groups -OCH3 is 1. The van der Waals surface area contributed by atoms with Gasteiger partial charge in [-0.05, 0) is 37.2 Å². The summed E-state index contributed by atoms with van der Waals surface area (Å²) in [7, 11) is 1.69. The SMILES string of the molecule is COCC(CCN)Nc1ccnc2cc(Cl)ccc12. The molecule has 0 aliphatic rings. The standard InChI is InChI=1S/C14H18ClN3O/c1-19-9-11(4-6-16)18-13-5-7-17-14-8-10(15)2-3-12(13)14/h2-3,5,7-8,11H,4,6,9,16H2,1H3,(H,17,18). The molecule has 102 valence electrons. The van der Waals surface area contributed by atoms with Gasteiger partial charge in [-0.1, -0.05) is 11.6 Å². The third-order valence-corrected chi connectivity index (χ3v) is 3.18. The van der Waals surface area contributed by atoms with Gasteiger partial charge in [-0.2, -0.15) is 0 Å². The van der Waals surface area contributed by atoms with Crippen molar-refractivity contribution in [3.05, 3.63) is 35.5 Å². The first kappa shape index (κ1) is 14.1. The number of anilines is 1. The van der Waals surface area contributed by atoms with Gasteiger partial charge in [0.15, 0.2) is 0 Å². The predicted octanol–water partition coefficient (Wildman–Crippen LogP) is 2.66. The average molecular weight is 280 g/mol. The first-order valence-corrected chi connectivity index (χ1v) is 6.62. The smallest absolute Gasteiger partial charge is 0.0737 e. The van der Waals surface area contributed by atoms with Crippen LogP contribution in [-0.4, -0.2) is 31.3 Å². The molecular weight excluding hydrogens is 262 g/mol. The van der Waals surface area contributed by atoms with Gasteiger partial charge in [0.1, 0.15) is 0 Å². The Balaban J connectivity index is 2.28. The molecule has 0 bridgehead atoms. The van der Waals surface area contributed by atoms with Crippen molar-refractivity contribution in [3.8, 4) is 0 Å². The van der Waals surface area contributed by atoms with Gasteiger partial charge in [0.05, 0.1) is 18.2 Å². The van der Waals surface area contributed by atoms with Crippen LogP contribution in [0.1, 0.15) is 6.42 Å². The molecule has 0 aliphatic heterocycles. The summed E-state index contributed by atoms with van der Waals surface area (Å²) in [6, 6.07) is 7.84. The number of nitrogens with one attached hydrogen (secondary N) is 1. The number of hydrogen-bond donors (Lipinski definition) is 2. The van der Waals surface area contributed by atoms with E-state index in [1.165, 1.54) is 0 Å². The molecule has 2 aromatic rings. The fourth-order valence-electron chi connectivity index (χ4n) is 2.07. The zero-order valence-corrected chi connectivity index (χ0v) is 11.7. The van der Waals surface area contributed by atoms with Crippen LogP contribution in [0.3, 0.4) is 0 Å². The lowest BCUT2D eigenvalue weighted by Crippen LogP contribution is -2.27. The van der Waals surface area contributed by atoms with Crippen molar-refractivity contribution in [1.82, 2.24) is 4.98 Å². The van der Waals surface area contributed by atoms with Crippen molar-refractivity contribution in [2.45, 2.75) is 12.5 Å². The van der Waals surface area contributed by atoms with Crippen LogP contribution in [0.25, 0.3) is 10.9 Å². The maximum atomic E-state index is 5.98. The van der Waals surface area contributed by atoms with Crippen LogP contribution in [0.5, 0.6) is 0 Å². The van der Waals surface area contributed by atoms with Crippen LogP contribution in [0.2, 0.25) is 5.02 Å². The Kier molecular flexibility index (Phi) is 4.96. The number of nitrogens with two attached hydrogens (primary N) is 1. The molecule has 0 saturated carbocycles. The monoisotopic (exact) mass is 279 g/mol. The fourth-order valence-corrected chi connectivity index (χ4v) is 2.23. The van der Waals surface area contributed by atoms with Crippen molar-refractivity contribution in [2.24, 2.45) is 5.73 Å². The molecule has 4 nitrogen and oxygen atoms in total. The predicted molar refractivity (Wildman–Crippen MR) is 79.7 cm³/mol. The summed E-state index contributed by atoms with van der Waals surface area (Å²) in [6.45, 7) is 1.24. The summed E-state index contributed by atoms with van der Waals surface area (Å²) < 4.78 is 5.21. The van der Waals surface area contributed by atoms with Crippen molar-refractivity contribution in [2.75, 3.05) is 25.6 Å². The van der Waals surface area contributed by atoms with Gasteiger partial charge < -0.3 is 15.8 Å². The number of aromatic nitrogens is 1. The maximum Gasteiger partial charge on any atom is 0.0737 e. The highest BCUT2D eigenvalue weighted by molar-refractivity contribution is 6.31. The van der Waals surface area contributed by atoms with Crippen molar-refractivity contribution >= 4 is 28.2 Å². The van der Waals surface area contributed by atoms with Crippen LogP contribution in [0, 0.1) is 0 Å². The molecule has 1 atom stereocenters. The van der Waals surface area contributed by atoms with E-state index in [2.05, 4.69) is 10.3 Å². The molecule has 1 unspecified atom stereocenters. The number of rotatable bonds is 6. The van der Waals surface area contributed by atoms with E-state index in [1.54, 1.807) is 13.3 Å². The summed E-state index contributed by atoms with van der Waals surface area (Å²) in [5, 5.41) is 5.19. The summed E-state index contributed by atoms with van der Waals surface area (Å²) in [4.78, 5) is 4.32. The minimum Gasteiger partial charge on any atom is -0.383 e. The van der Waals surface area contributed by atoms with E-state index in [1.807, 2.05) is 24.3 Å². The quantitative estimate of drug-likeness (QED) is 0.853. The van der Waals surface area contributed by atoms with Crippen LogP contribution in [0.15, 0.2) is 30.5 Å². The third-order valence-electron chi connectivity index (χ3n) is 2.95. The van der Waals surface area contributed by atoms with Gasteiger partial charge in [0, 0.05) is 29.4 Å². The van der Waals surface area contributed by atoms with Crippen LogP contribution in [-0.2, 0) is 4.74 Å². The van der Waals surface area contributed by atoms with Crippen LogP contribution < -0.4 is 11.1 Å². The average Bonchev–Trinajstić information content (AvgIpc) is 2.39. The van der Waals surface area contributed by atoms with Gasteiger partial charge >= 0.3 is 0 Å². The fraction of sp³-hybridized carbons (Fsp3) is 0.357. The van der Waals surface area contributed by atoms with Gasteiger partial charge in [0.2, 0.25) is 0 Å². The lowest BCUT2D eigenvalue weighted by atomic mass is 10.1. The number of pyridine rings is 1. The first-order valence-electron chi connectivity index (χ1n) is 6.24. The molecule has 1 aromatic carbocycles. The molecule has 19 heavy (non-hydrogen) atoms. The highest BCUT2D eigenvalue weighted by Crippen LogP contribution is 2.25. The number of benzene rings is 1. The number of ether oxygens (including phenoxy) is 1. The normalized spacial score (nSPS) is 12.6. The van der Waals surface area contributed by atoms with E-state index in [0.717, 1.165) is 23.0 Å². The van der Waals surface area contributed by atoms with E-state index < -0.39 is 0 Å². The minimum atomic E-state index is 0.191. The topological polar surface area (TPSA) is 60.2 Å². The highest BCUT2D eigenvalue weighted by Gasteiger charge is 2.09. The summed E-state index contributed by atoms with van der Waals surface area (Å²) in [5.41, 5.74) is 7.52. The molecule has 3 N–H and O–H groups in total. The largest absolute Gasteiger partial charge is 0.383 e. The highest BCUT2D eigenvalue weighted by atomic mass is 35.5. The van der Waals surface area contributed by atoms with Gasteiger partial charge in [-0.25, -0.2) is 0 Å². The Hall–Kier alpha value is -1.36. The van der Waals surface area contributed by atoms with Crippen LogP contribution >= 0.6 is 11.6 Å². The number of nitrogens with zero attached hydrogens (tertiary/aromatic N) is 1. The summed E-state index contributed by atoms with van der Waals surface area (Å²) >= 11 is 5.98. The molecular formula is C14H18ClN3O. The van der Waals surface area contributed by atoms with Gasteiger partial charge in [-0.3, -0.25) is 4.98 Å². The number of hydrogen-bond acceptors (Lipinski definition) is 4. The van der Waals surface area contributed by atoms with Gasteiger partial charge in [-0.15, -0.1) is 0 Å². The molecule has 0 aliphatic carbocycles. The van der Waals surface area contributed by atoms with E-state index in [0.29, 0.717) is 18.2 Å². The molecule has 2 rings (SSSR count). The Morgan fingerprint density at radius 1 is 1.42 bits per heavy atom. The number of halogens is 1. The summed E-state index contributed by atoms with van der Waals surface area (Å²) in [5.74, 6) is 0. The molecule has 0 amide bonds. The minimum absolute atomic E-state index is 0.191. The van der Waals surface area contributed by atoms with Crippen LogP contribution in [0.4, 0.5) is 5.69 Å². The Labute approximate surface area is 117 Å². The second-order valence-electron chi connectivity index (χ2n) is 4.39. The molecule has 0 fully saturated rings. The third kappa shape index (κ3) is 3.56. The summed E-state index contributed by atoms with van der Waals surface area (Å²) in [6.07, 6.45) is 2.62. The Morgan fingerprint density at radius 2 is 2.26 bits per heavy atom. The van der Waals surface area contributed by atoms with Crippen molar-refractivity contribution < 1.29 is 4.74 Å². The second kappa shape index (κ2) is 6.70. The Morgan fingerprint density at radius 3 is 3.00 bits per heavy atom.